The van der Waals surface area contributed by atoms with Gasteiger partial charge in [-0.05, 0) is 120 Å². The Morgan fingerprint density at radius 1 is 0.296 bits per heavy atom. The molecule has 5 nitrogen and oxygen atoms in total. The Kier molecular flexibility index (Phi) is 8.59. The first-order valence-electron chi connectivity index (χ1n) is 24.3. The first-order valence-corrected chi connectivity index (χ1v) is 24.3. The van der Waals surface area contributed by atoms with Gasteiger partial charge in [0.2, 0.25) is 0 Å². The smallest absolute Gasteiger partial charge is 0.136 e. The minimum atomic E-state index is 0.849. The zero-order valence-electron chi connectivity index (χ0n) is 38.4. The SMILES string of the molecule is c1ccc(-c2cccc3oc4ccc(N(c5ccccc5)c5cc(N(c6ccccc6)c6ccccc6)cc(-n6c7cccc8c9cccc%10c%11ccccc%11n(c%11cccc6c%11c87)c9%10)c5)cc4c23)cc1. The topological polar surface area (TPSA) is 29.0 Å². The van der Waals surface area contributed by atoms with Crippen molar-refractivity contribution < 1.29 is 4.42 Å². The third-order valence-electron chi connectivity index (χ3n) is 14.5. The molecule has 15 rings (SSSR count). The lowest BCUT2D eigenvalue weighted by Crippen LogP contribution is -2.14. The fourth-order valence-corrected chi connectivity index (χ4v) is 11.7. The van der Waals surface area contributed by atoms with Crippen LogP contribution in [0.3, 0.4) is 0 Å². The molecule has 0 spiro atoms. The molecular formula is C66H42N4O. The molecule has 15 aromatic rings. The molecule has 5 heteroatoms. The molecule has 0 amide bonds. The lowest BCUT2D eigenvalue weighted by Gasteiger charge is -2.30. The van der Waals surface area contributed by atoms with Gasteiger partial charge in [0.05, 0.1) is 44.6 Å². The van der Waals surface area contributed by atoms with Crippen LogP contribution >= 0.6 is 0 Å². The Labute approximate surface area is 408 Å². The molecule has 71 heavy (non-hydrogen) atoms. The molecule has 0 aliphatic rings. The molecular weight excluding hydrogens is 865 g/mol. The van der Waals surface area contributed by atoms with Crippen LogP contribution in [0.25, 0.3) is 98.7 Å². The summed E-state index contributed by atoms with van der Waals surface area (Å²) in [7, 11) is 0. The number of aromatic nitrogens is 2. The lowest BCUT2D eigenvalue weighted by atomic mass is 9.99. The standard InChI is InChI=1S/C66H42N4O/c1-5-19-43(20-6-1)51-28-17-36-62-63(51)56-42-47(37-38-61(56)71-62)68(46-25-11-4-12-26-46)49-39-48(67(44-21-7-2-8-22-44)45-23-9-3-10-24-45)40-50(41-49)69-58-33-16-29-53-55-31-15-30-54-52-27-13-14-32-57(52)70(66(54)55)60-35-18-34-59(69)65(60)64(53)58/h1-42H. The summed E-state index contributed by atoms with van der Waals surface area (Å²) < 4.78 is 11.6. The van der Waals surface area contributed by atoms with E-state index >= 15 is 0 Å². The molecule has 0 aliphatic carbocycles. The Morgan fingerprint density at radius 3 is 1.52 bits per heavy atom. The van der Waals surface area contributed by atoms with Crippen LogP contribution in [-0.2, 0) is 0 Å². The van der Waals surface area contributed by atoms with E-state index in [1.54, 1.807) is 0 Å². The minimum Gasteiger partial charge on any atom is -0.456 e. The van der Waals surface area contributed by atoms with E-state index in [0.717, 1.165) is 83.9 Å². The van der Waals surface area contributed by atoms with Crippen molar-refractivity contribution >= 4 is 116 Å². The maximum absolute atomic E-state index is 6.62. The quantitative estimate of drug-likeness (QED) is 0.152. The molecule has 0 fully saturated rings. The predicted molar refractivity (Wildman–Crippen MR) is 298 cm³/mol. The molecule has 4 heterocycles. The molecule has 0 saturated heterocycles. The molecule has 0 unspecified atom stereocenters. The molecule has 0 bridgehead atoms. The maximum atomic E-state index is 6.62. The molecule has 0 radical (unpaired) electrons. The summed E-state index contributed by atoms with van der Waals surface area (Å²) in [5.74, 6) is 0. The fraction of sp³-hybridized carbons (Fsp3) is 0. The van der Waals surface area contributed by atoms with Crippen LogP contribution in [0, 0.1) is 0 Å². The Balaban J connectivity index is 1.05. The molecule has 4 aromatic heterocycles. The van der Waals surface area contributed by atoms with Gasteiger partial charge < -0.3 is 23.2 Å². The minimum absolute atomic E-state index is 0.849. The van der Waals surface area contributed by atoms with E-state index in [0.29, 0.717) is 0 Å². The first kappa shape index (κ1) is 39.4. The molecule has 0 aliphatic heterocycles. The van der Waals surface area contributed by atoms with Crippen molar-refractivity contribution in [3.8, 4) is 16.8 Å². The highest BCUT2D eigenvalue weighted by Gasteiger charge is 2.25. The summed E-state index contributed by atoms with van der Waals surface area (Å²) >= 11 is 0. The number of benzene rings is 11. The zero-order chi connectivity index (χ0) is 46.6. The summed E-state index contributed by atoms with van der Waals surface area (Å²) in [4.78, 5) is 4.78. The predicted octanol–water partition coefficient (Wildman–Crippen LogP) is 18.4. The average Bonchev–Trinajstić information content (AvgIpc) is 4.08. The van der Waals surface area contributed by atoms with Gasteiger partial charge in [0.25, 0.3) is 0 Å². The highest BCUT2D eigenvalue weighted by molar-refractivity contribution is 6.31. The van der Waals surface area contributed by atoms with Crippen LogP contribution in [-0.4, -0.2) is 8.97 Å². The Morgan fingerprint density at radius 2 is 0.817 bits per heavy atom. The van der Waals surface area contributed by atoms with Gasteiger partial charge in [0, 0.05) is 60.5 Å². The van der Waals surface area contributed by atoms with Crippen molar-refractivity contribution in [3.05, 3.63) is 255 Å². The largest absolute Gasteiger partial charge is 0.456 e. The van der Waals surface area contributed by atoms with E-state index < -0.39 is 0 Å². The van der Waals surface area contributed by atoms with Gasteiger partial charge in [-0.2, -0.15) is 0 Å². The molecule has 332 valence electrons. The monoisotopic (exact) mass is 906 g/mol. The molecule has 0 saturated carbocycles. The van der Waals surface area contributed by atoms with Crippen LogP contribution in [0.5, 0.6) is 0 Å². The van der Waals surface area contributed by atoms with E-state index in [2.05, 4.69) is 274 Å². The van der Waals surface area contributed by atoms with E-state index in [4.69, 9.17) is 4.42 Å². The van der Waals surface area contributed by atoms with Crippen molar-refractivity contribution in [3.63, 3.8) is 0 Å². The van der Waals surface area contributed by atoms with E-state index in [-0.39, 0.29) is 0 Å². The second-order valence-corrected chi connectivity index (χ2v) is 18.5. The van der Waals surface area contributed by atoms with Gasteiger partial charge in [0.1, 0.15) is 11.2 Å². The lowest BCUT2D eigenvalue weighted by molar-refractivity contribution is 0.669. The van der Waals surface area contributed by atoms with Gasteiger partial charge in [-0.1, -0.05) is 152 Å². The van der Waals surface area contributed by atoms with Crippen molar-refractivity contribution in [2.75, 3.05) is 9.80 Å². The Hall–Kier alpha value is -9.58. The number of para-hydroxylation sites is 5. The zero-order valence-corrected chi connectivity index (χ0v) is 38.4. The van der Waals surface area contributed by atoms with E-state index in [1.165, 1.54) is 48.9 Å². The summed E-state index contributed by atoms with van der Waals surface area (Å²) in [5, 5.41) is 9.65. The van der Waals surface area contributed by atoms with Crippen LogP contribution in [0.4, 0.5) is 34.1 Å². The van der Waals surface area contributed by atoms with E-state index in [1.807, 2.05) is 0 Å². The number of nitrogens with zero attached hydrogens (tertiary/aromatic N) is 4. The van der Waals surface area contributed by atoms with Crippen LogP contribution in [0.1, 0.15) is 0 Å². The second kappa shape index (κ2) is 15.5. The second-order valence-electron chi connectivity index (χ2n) is 18.5. The van der Waals surface area contributed by atoms with Gasteiger partial charge in [-0.3, -0.25) is 0 Å². The Bertz CT molecular complexity index is 4480. The number of anilines is 6. The number of furan rings is 1. The van der Waals surface area contributed by atoms with Crippen molar-refractivity contribution in [2.24, 2.45) is 0 Å². The van der Waals surface area contributed by atoms with Crippen LogP contribution < -0.4 is 9.80 Å². The maximum Gasteiger partial charge on any atom is 0.136 e. The number of fused-ring (bicyclic) bond motifs is 8. The average molecular weight is 907 g/mol. The fourth-order valence-electron chi connectivity index (χ4n) is 11.7. The van der Waals surface area contributed by atoms with Gasteiger partial charge >= 0.3 is 0 Å². The summed E-state index contributed by atoms with van der Waals surface area (Å²) in [6.07, 6.45) is 0. The molecule has 0 atom stereocenters. The third kappa shape index (κ3) is 5.93. The van der Waals surface area contributed by atoms with Crippen LogP contribution in [0.15, 0.2) is 259 Å². The highest BCUT2D eigenvalue weighted by atomic mass is 16.3. The summed E-state index contributed by atoms with van der Waals surface area (Å²) in [6.45, 7) is 0. The normalized spacial score (nSPS) is 11.9. The van der Waals surface area contributed by atoms with Gasteiger partial charge in [0.15, 0.2) is 0 Å². The first-order chi connectivity index (χ1) is 35.2. The van der Waals surface area contributed by atoms with Crippen molar-refractivity contribution in [1.82, 2.24) is 8.97 Å². The highest BCUT2D eigenvalue weighted by Crippen LogP contribution is 2.48. The van der Waals surface area contributed by atoms with Gasteiger partial charge in [-0.15, -0.1) is 0 Å². The molecule has 0 N–H and O–H groups in total. The number of hydrogen-bond acceptors (Lipinski definition) is 3. The number of rotatable bonds is 8. The van der Waals surface area contributed by atoms with Crippen LogP contribution in [0.2, 0.25) is 0 Å². The van der Waals surface area contributed by atoms with Crippen molar-refractivity contribution in [1.29, 1.82) is 0 Å². The molecule has 11 aromatic carbocycles. The number of hydrogen-bond donors (Lipinski definition) is 0. The summed E-state index contributed by atoms with van der Waals surface area (Å²) in [6, 6.07) is 92.2. The summed E-state index contributed by atoms with van der Waals surface area (Å²) in [5.41, 5.74) is 17.2. The van der Waals surface area contributed by atoms with Gasteiger partial charge in [-0.25, -0.2) is 0 Å². The third-order valence-corrected chi connectivity index (χ3v) is 14.5. The van der Waals surface area contributed by atoms with Crippen molar-refractivity contribution in [2.45, 2.75) is 0 Å². The van der Waals surface area contributed by atoms with E-state index in [9.17, 15) is 0 Å².